The molecule has 0 bridgehead atoms. The molecule has 1 fully saturated rings. The van der Waals surface area contributed by atoms with Crippen molar-refractivity contribution in [1.29, 1.82) is 5.41 Å². The van der Waals surface area contributed by atoms with Gasteiger partial charge in [-0.1, -0.05) is 25.1 Å². The maximum absolute atomic E-state index is 8.71. The second kappa shape index (κ2) is 10.2. The zero-order valence-electron chi connectivity index (χ0n) is 17.9. The molecule has 2 heterocycles. The summed E-state index contributed by atoms with van der Waals surface area (Å²) < 4.78 is 5.85. The molecule has 1 aromatic heterocycles. The number of piperidine rings is 1. The molecule has 6 nitrogen and oxygen atoms in total. The Morgan fingerprint density at radius 2 is 1.77 bits per heavy atom. The van der Waals surface area contributed by atoms with Crippen molar-refractivity contribution >= 4 is 11.5 Å². The average Bonchev–Trinajstić information content (AvgIpc) is 2.84. The van der Waals surface area contributed by atoms with E-state index in [-0.39, 0.29) is 0 Å². The van der Waals surface area contributed by atoms with Gasteiger partial charge in [-0.3, -0.25) is 5.41 Å². The summed E-state index contributed by atoms with van der Waals surface area (Å²) in [5.74, 6) is 2.89. The lowest BCUT2D eigenvalue weighted by molar-refractivity contribution is 0.198. The number of rotatable bonds is 8. The standard InChI is InChI=1S/C25H29N5O/c1-2-30-14-12-19(13-15-30)16-28-25-23(17-27-18-29-25)24(26)20-8-10-22(11-9-20)31-21-6-4-3-5-7-21/h3-11,17-19,26H,2,12-16H2,1H3,(H,27,28,29). The van der Waals surface area contributed by atoms with Crippen molar-refractivity contribution in [2.45, 2.75) is 19.8 Å². The van der Waals surface area contributed by atoms with E-state index in [0.717, 1.165) is 49.1 Å². The molecule has 1 aliphatic heterocycles. The Labute approximate surface area is 183 Å². The molecular formula is C25H29N5O. The Hall–Kier alpha value is -3.25. The van der Waals surface area contributed by atoms with Crippen LogP contribution in [0.5, 0.6) is 11.5 Å². The highest BCUT2D eigenvalue weighted by Gasteiger charge is 2.19. The van der Waals surface area contributed by atoms with Crippen LogP contribution in [0.2, 0.25) is 0 Å². The van der Waals surface area contributed by atoms with Gasteiger partial charge in [-0.2, -0.15) is 0 Å². The third kappa shape index (κ3) is 5.47. The number of ether oxygens (including phenoxy) is 1. The second-order valence-corrected chi connectivity index (χ2v) is 7.86. The maximum Gasteiger partial charge on any atom is 0.138 e. The lowest BCUT2D eigenvalue weighted by Gasteiger charge is -2.31. The lowest BCUT2D eigenvalue weighted by Crippen LogP contribution is -2.35. The van der Waals surface area contributed by atoms with E-state index >= 15 is 0 Å². The molecule has 2 N–H and O–H groups in total. The van der Waals surface area contributed by atoms with Crippen LogP contribution in [0.3, 0.4) is 0 Å². The van der Waals surface area contributed by atoms with E-state index in [0.29, 0.717) is 17.2 Å². The average molecular weight is 416 g/mol. The van der Waals surface area contributed by atoms with Crippen molar-refractivity contribution in [3.05, 3.63) is 78.2 Å². The largest absolute Gasteiger partial charge is 0.457 e. The zero-order chi connectivity index (χ0) is 21.5. The minimum Gasteiger partial charge on any atom is -0.457 e. The molecule has 4 rings (SSSR count). The Kier molecular flexibility index (Phi) is 6.89. The van der Waals surface area contributed by atoms with Crippen LogP contribution in [0, 0.1) is 11.3 Å². The molecule has 1 aliphatic rings. The smallest absolute Gasteiger partial charge is 0.138 e. The van der Waals surface area contributed by atoms with E-state index in [4.69, 9.17) is 10.1 Å². The van der Waals surface area contributed by atoms with Crippen molar-refractivity contribution < 1.29 is 4.74 Å². The van der Waals surface area contributed by atoms with Gasteiger partial charge in [0.15, 0.2) is 0 Å². The molecule has 31 heavy (non-hydrogen) atoms. The Morgan fingerprint density at radius 1 is 1.06 bits per heavy atom. The highest BCUT2D eigenvalue weighted by Crippen LogP contribution is 2.24. The first kappa shape index (κ1) is 21.0. The monoisotopic (exact) mass is 415 g/mol. The summed E-state index contributed by atoms with van der Waals surface area (Å²) in [7, 11) is 0. The zero-order valence-corrected chi connectivity index (χ0v) is 17.9. The summed E-state index contributed by atoms with van der Waals surface area (Å²) >= 11 is 0. The van der Waals surface area contributed by atoms with Gasteiger partial charge >= 0.3 is 0 Å². The Balaban J connectivity index is 1.40. The molecule has 0 aliphatic carbocycles. The quantitative estimate of drug-likeness (QED) is 0.516. The highest BCUT2D eigenvalue weighted by atomic mass is 16.5. The summed E-state index contributed by atoms with van der Waals surface area (Å²) in [6, 6.07) is 17.2. The second-order valence-electron chi connectivity index (χ2n) is 7.86. The summed E-state index contributed by atoms with van der Waals surface area (Å²) in [6.45, 7) is 6.54. The summed E-state index contributed by atoms with van der Waals surface area (Å²) in [4.78, 5) is 11.1. The van der Waals surface area contributed by atoms with Gasteiger partial charge in [0.05, 0.1) is 11.3 Å². The first-order valence-electron chi connectivity index (χ1n) is 10.9. The molecule has 2 aromatic carbocycles. The minimum absolute atomic E-state index is 0.398. The fraction of sp³-hybridized carbons (Fsp3) is 0.320. The van der Waals surface area contributed by atoms with E-state index in [1.165, 1.54) is 19.2 Å². The van der Waals surface area contributed by atoms with Crippen molar-refractivity contribution in [3.63, 3.8) is 0 Å². The van der Waals surface area contributed by atoms with Crippen molar-refractivity contribution in [2.24, 2.45) is 5.92 Å². The van der Waals surface area contributed by atoms with Crippen molar-refractivity contribution in [1.82, 2.24) is 14.9 Å². The molecule has 6 heteroatoms. The maximum atomic E-state index is 8.71. The minimum atomic E-state index is 0.398. The lowest BCUT2D eigenvalue weighted by atomic mass is 9.96. The molecule has 0 saturated carbocycles. The number of benzene rings is 2. The van der Waals surface area contributed by atoms with Crippen LogP contribution in [0.15, 0.2) is 67.1 Å². The number of anilines is 1. The normalized spacial score (nSPS) is 14.9. The van der Waals surface area contributed by atoms with E-state index < -0.39 is 0 Å². The first-order chi connectivity index (χ1) is 15.2. The van der Waals surface area contributed by atoms with Crippen LogP contribution < -0.4 is 10.1 Å². The van der Waals surface area contributed by atoms with Crippen molar-refractivity contribution in [2.75, 3.05) is 31.5 Å². The number of hydrogen-bond donors (Lipinski definition) is 2. The Morgan fingerprint density at radius 3 is 2.48 bits per heavy atom. The fourth-order valence-corrected chi connectivity index (χ4v) is 3.87. The summed E-state index contributed by atoms with van der Waals surface area (Å²) in [6.07, 6.45) is 5.64. The van der Waals surface area contributed by atoms with Crippen LogP contribution >= 0.6 is 0 Å². The van der Waals surface area contributed by atoms with Crippen LogP contribution in [-0.4, -0.2) is 46.8 Å². The predicted molar refractivity (Wildman–Crippen MR) is 124 cm³/mol. The number of hydrogen-bond acceptors (Lipinski definition) is 6. The molecule has 0 amide bonds. The number of para-hydroxylation sites is 1. The van der Waals surface area contributed by atoms with Gasteiger partial charge in [0.1, 0.15) is 23.6 Å². The molecule has 3 aromatic rings. The number of nitrogens with zero attached hydrogens (tertiary/aromatic N) is 3. The highest BCUT2D eigenvalue weighted by molar-refractivity contribution is 6.13. The van der Waals surface area contributed by atoms with E-state index in [9.17, 15) is 0 Å². The molecule has 0 spiro atoms. The fourth-order valence-electron chi connectivity index (χ4n) is 3.87. The first-order valence-corrected chi connectivity index (χ1v) is 10.9. The van der Waals surface area contributed by atoms with Gasteiger partial charge in [0.25, 0.3) is 0 Å². The van der Waals surface area contributed by atoms with Gasteiger partial charge in [-0.15, -0.1) is 0 Å². The molecule has 1 saturated heterocycles. The van der Waals surface area contributed by atoms with Crippen LogP contribution in [-0.2, 0) is 0 Å². The molecule has 0 unspecified atom stereocenters. The molecular weight excluding hydrogens is 386 g/mol. The topological polar surface area (TPSA) is 74.1 Å². The molecule has 0 radical (unpaired) electrons. The predicted octanol–water partition coefficient (Wildman–Crippen LogP) is 4.83. The number of likely N-dealkylation sites (tertiary alicyclic amines) is 1. The van der Waals surface area contributed by atoms with E-state index in [1.807, 2.05) is 54.6 Å². The Bertz CT molecular complexity index is 982. The van der Waals surface area contributed by atoms with Gasteiger partial charge in [0.2, 0.25) is 0 Å². The number of aromatic nitrogens is 2. The van der Waals surface area contributed by atoms with Crippen LogP contribution in [0.25, 0.3) is 0 Å². The molecule has 160 valence electrons. The van der Waals surface area contributed by atoms with Gasteiger partial charge in [-0.05, 0) is 74.8 Å². The number of nitrogens with one attached hydrogen (secondary N) is 2. The third-order valence-corrected chi connectivity index (χ3v) is 5.82. The van der Waals surface area contributed by atoms with Gasteiger partial charge in [-0.25, -0.2) is 9.97 Å². The van der Waals surface area contributed by atoms with E-state index in [2.05, 4.69) is 27.1 Å². The summed E-state index contributed by atoms with van der Waals surface area (Å²) in [5.41, 5.74) is 1.91. The van der Waals surface area contributed by atoms with Gasteiger partial charge < -0.3 is 15.0 Å². The van der Waals surface area contributed by atoms with E-state index in [1.54, 1.807) is 6.20 Å². The van der Waals surface area contributed by atoms with Crippen molar-refractivity contribution in [3.8, 4) is 11.5 Å². The molecule has 0 atom stereocenters. The van der Waals surface area contributed by atoms with Crippen LogP contribution in [0.4, 0.5) is 5.82 Å². The SMILES string of the molecule is CCN1CCC(CNc2ncncc2C(=N)c2ccc(Oc3ccccc3)cc2)CC1. The van der Waals surface area contributed by atoms with Gasteiger partial charge in [0, 0.05) is 18.3 Å². The third-order valence-electron chi connectivity index (χ3n) is 5.82. The van der Waals surface area contributed by atoms with Crippen LogP contribution in [0.1, 0.15) is 30.9 Å². The summed E-state index contributed by atoms with van der Waals surface area (Å²) in [5, 5.41) is 12.2.